The lowest BCUT2D eigenvalue weighted by Crippen LogP contribution is -2.14. The zero-order chi connectivity index (χ0) is 37.0. The molecule has 4 heteroatoms. The van der Waals surface area contributed by atoms with Crippen molar-refractivity contribution < 1.29 is 4.74 Å². The van der Waals surface area contributed by atoms with Crippen LogP contribution in [-0.4, -0.2) is 22.7 Å². The number of hydrogen-bond acceptors (Lipinski definition) is 2. The van der Waals surface area contributed by atoms with Crippen molar-refractivity contribution in [1.82, 2.24) is 4.57 Å². The molecule has 7 aromatic rings. The first-order valence-electron chi connectivity index (χ1n) is 19.3. The van der Waals surface area contributed by atoms with Crippen molar-refractivity contribution >= 4 is 39.2 Å². The van der Waals surface area contributed by atoms with Crippen molar-refractivity contribution in [1.29, 1.82) is 0 Å². The van der Waals surface area contributed by atoms with E-state index in [1.54, 1.807) is 0 Å². The Bertz CT molecular complexity index is 2660. The average molecular weight is 704 g/mol. The minimum Gasteiger partial charge on any atom is -0.492 e. The number of amidine groups is 1. The lowest BCUT2D eigenvalue weighted by Gasteiger charge is -2.21. The van der Waals surface area contributed by atoms with E-state index in [1.807, 2.05) is 12.1 Å². The van der Waals surface area contributed by atoms with Gasteiger partial charge in [-0.2, -0.15) is 0 Å². The zero-order valence-electron chi connectivity index (χ0n) is 31.6. The molecule has 0 bridgehead atoms. The first-order chi connectivity index (χ1) is 26.4. The van der Waals surface area contributed by atoms with Gasteiger partial charge in [0, 0.05) is 38.8 Å². The number of fused-ring (bicyclic) bond motifs is 10. The minimum atomic E-state index is -0.0933. The Morgan fingerprint density at radius 3 is 2.30 bits per heavy atom. The van der Waals surface area contributed by atoms with Crippen LogP contribution in [0.25, 0.3) is 49.9 Å². The third kappa shape index (κ3) is 5.43. The van der Waals surface area contributed by atoms with Crippen molar-refractivity contribution in [2.75, 3.05) is 6.61 Å². The van der Waals surface area contributed by atoms with Crippen LogP contribution in [0.1, 0.15) is 80.7 Å². The maximum absolute atomic E-state index is 6.35. The predicted molar refractivity (Wildman–Crippen MR) is 227 cm³/mol. The smallest absolute Gasteiger partial charge is 0.161 e. The Hall–Kier alpha value is -6.00. The van der Waals surface area contributed by atoms with Crippen molar-refractivity contribution in [2.45, 2.75) is 58.3 Å². The minimum absolute atomic E-state index is 0.0933. The molecule has 1 aliphatic carbocycles. The number of benzene rings is 6. The van der Waals surface area contributed by atoms with Crippen LogP contribution in [0.3, 0.4) is 0 Å². The standard InChI is InChI=1S/C50H45N3O/c1-6-7-26-42(38-24-17-23-36-35-20-13-16-28-45(35)54-31-32(2)46(36)38)52-49(34-18-9-8-10-19-34)51-33(3)53-43-27-15-12-22-39(43)48-44(53)30-29-41-47(48)37-21-11-14-25-40(37)50(41,4)5/h8-25,27-30,32H,3,6-7,26,31H2,1-2,4-5H3/b51-49-,52-42+/t32-/m0/s1. The molecule has 4 nitrogen and oxygen atoms in total. The summed E-state index contributed by atoms with van der Waals surface area (Å²) in [6.45, 7) is 14.5. The second kappa shape index (κ2) is 13.4. The third-order valence-electron chi connectivity index (χ3n) is 11.5. The number of ether oxygens (including phenoxy) is 1. The molecule has 2 heterocycles. The van der Waals surface area contributed by atoms with Gasteiger partial charge in [-0.15, -0.1) is 0 Å². The van der Waals surface area contributed by atoms with Gasteiger partial charge in [-0.05, 0) is 64.4 Å². The summed E-state index contributed by atoms with van der Waals surface area (Å²) in [7, 11) is 0. The Balaban J connectivity index is 1.25. The van der Waals surface area contributed by atoms with Crippen LogP contribution in [0.2, 0.25) is 0 Å². The quantitative estimate of drug-likeness (QED) is 0.120. The van der Waals surface area contributed by atoms with E-state index in [0.29, 0.717) is 18.3 Å². The number of aromatic nitrogens is 1. The summed E-state index contributed by atoms with van der Waals surface area (Å²) in [5.41, 5.74) is 14.2. The van der Waals surface area contributed by atoms with E-state index in [0.717, 1.165) is 58.4 Å². The molecule has 1 aromatic heterocycles. The highest BCUT2D eigenvalue weighted by atomic mass is 16.5. The van der Waals surface area contributed by atoms with Gasteiger partial charge in [0.1, 0.15) is 11.6 Å². The van der Waals surface area contributed by atoms with Crippen LogP contribution >= 0.6 is 0 Å². The molecule has 0 fully saturated rings. The van der Waals surface area contributed by atoms with Crippen LogP contribution in [0, 0.1) is 0 Å². The molecule has 0 radical (unpaired) electrons. The van der Waals surface area contributed by atoms with E-state index in [-0.39, 0.29) is 11.3 Å². The number of rotatable bonds is 7. The van der Waals surface area contributed by atoms with Crippen molar-refractivity contribution in [3.8, 4) is 28.0 Å². The van der Waals surface area contributed by atoms with Crippen LogP contribution in [0.5, 0.6) is 5.75 Å². The number of para-hydroxylation sites is 2. The first kappa shape index (κ1) is 33.8. The summed E-state index contributed by atoms with van der Waals surface area (Å²) in [5, 5.41) is 2.44. The zero-order valence-corrected chi connectivity index (χ0v) is 31.6. The molecule has 9 rings (SSSR count). The van der Waals surface area contributed by atoms with Gasteiger partial charge in [0.2, 0.25) is 0 Å². The van der Waals surface area contributed by atoms with Crippen molar-refractivity contribution in [3.05, 3.63) is 168 Å². The first-order valence-corrected chi connectivity index (χ1v) is 19.3. The van der Waals surface area contributed by atoms with Crippen LogP contribution in [0.15, 0.2) is 150 Å². The molecule has 0 spiro atoms. The number of nitrogens with zero attached hydrogens (tertiary/aromatic N) is 3. The topological polar surface area (TPSA) is 38.9 Å². The fourth-order valence-corrected chi connectivity index (χ4v) is 8.86. The highest BCUT2D eigenvalue weighted by molar-refractivity contribution is 6.19. The van der Waals surface area contributed by atoms with E-state index < -0.39 is 0 Å². The summed E-state index contributed by atoms with van der Waals surface area (Å²) in [6.07, 6.45) is 2.91. The van der Waals surface area contributed by atoms with E-state index in [1.165, 1.54) is 44.2 Å². The molecular formula is C50H45N3O. The van der Waals surface area contributed by atoms with Crippen molar-refractivity contribution in [2.24, 2.45) is 9.98 Å². The molecule has 0 saturated heterocycles. The largest absolute Gasteiger partial charge is 0.492 e. The summed E-state index contributed by atoms with van der Waals surface area (Å²) >= 11 is 0. The van der Waals surface area contributed by atoms with Gasteiger partial charge >= 0.3 is 0 Å². The summed E-state index contributed by atoms with van der Waals surface area (Å²) in [5.74, 6) is 2.39. The molecule has 2 aliphatic rings. The lowest BCUT2D eigenvalue weighted by molar-refractivity contribution is 0.300. The molecule has 0 N–H and O–H groups in total. The summed E-state index contributed by atoms with van der Waals surface area (Å²) in [6, 6.07) is 47.5. The Labute approximate surface area is 318 Å². The second-order valence-corrected chi connectivity index (χ2v) is 15.3. The van der Waals surface area contributed by atoms with Gasteiger partial charge < -0.3 is 4.74 Å². The van der Waals surface area contributed by atoms with Crippen LogP contribution in [-0.2, 0) is 5.41 Å². The predicted octanol–water partition coefficient (Wildman–Crippen LogP) is 12.8. The average Bonchev–Trinajstić information content (AvgIpc) is 3.60. The fraction of sp³-hybridized carbons (Fsp3) is 0.200. The second-order valence-electron chi connectivity index (χ2n) is 15.3. The summed E-state index contributed by atoms with van der Waals surface area (Å²) < 4.78 is 8.58. The highest BCUT2D eigenvalue weighted by Gasteiger charge is 2.37. The Morgan fingerprint density at radius 1 is 0.741 bits per heavy atom. The van der Waals surface area contributed by atoms with Gasteiger partial charge in [-0.1, -0.05) is 156 Å². The van der Waals surface area contributed by atoms with Gasteiger partial charge in [-0.3, -0.25) is 4.57 Å². The monoisotopic (exact) mass is 703 g/mol. The van der Waals surface area contributed by atoms with Gasteiger partial charge in [0.25, 0.3) is 0 Å². The number of hydrogen-bond donors (Lipinski definition) is 0. The fourth-order valence-electron chi connectivity index (χ4n) is 8.86. The lowest BCUT2D eigenvalue weighted by atomic mass is 9.82. The molecule has 54 heavy (non-hydrogen) atoms. The molecular weight excluding hydrogens is 659 g/mol. The SMILES string of the molecule is C=C(/N=C(\N=C(/CCCC)c1cccc2c1[C@@H](C)COc1ccccc1-2)c1ccccc1)n1c2ccccc2c2c3c(ccc21)C(C)(C)c1ccccc1-3. The van der Waals surface area contributed by atoms with E-state index >= 15 is 0 Å². The normalized spacial score (nSPS) is 16.0. The van der Waals surface area contributed by atoms with E-state index in [2.05, 4.69) is 160 Å². The van der Waals surface area contributed by atoms with Crippen LogP contribution < -0.4 is 4.74 Å². The van der Waals surface area contributed by atoms with Gasteiger partial charge in [0.05, 0.1) is 23.4 Å². The maximum atomic E-state index is 6.35. The molecule has 266 valence electrons. The van der Waals surface area contributed by atoms with E-state index in [4.69, 9.17) is 14.7 Å². The maximum Gasteiger partial charge on any atom is 0.161 e. The molecule has 0 amide bonds. The highest BCUT2D eigenvalue weighted by Crippen LogP contribution is 2.53. The molecule has 0 saturated carbocycles. The number of aliphatic imine (C=N–C) groups is 2. The van der Waals surface area contributed by atoms with Crippen molar-refractivity contribution in [3.63, 3.8) is 0 Å². The van der Waals surface area contributed by atoms with E-state index in [9.17, 15) is 0 Å². The van der Waals surface area contributed by atoms with Gasteiger partial charge in [-0.25, -0.2) is 9.98 Å². The molecule has 0 unspecified atom stereocenters. The Kier molecular flexibility index (Phi) is 8.42. The summed E-state index contributed by atoms with van der Waals surface area (Å²) in [4.78, 5) is 10.9. The van der Waals surface area contributed by atoms with Gasteiger partial charge in [0.15, 0.2) is 5.84 Å². The molecule has 6 aromatic carbocycles. The Morgan fingerprint density at radius 2 is 1.46 bits per heavy atom. The molecule has 1 atom stereocenters. The molecule has 1 aliphatic heterocycles. The third-order valence-corrected chi connectivity index (χ3v) is 11.5. The van der Waals surface area contributed by atoms with Crippen LogP contribution in [0.4, 0.5) is 0 Å². The number of unbranched alkanes of at least 4 members (excludes halogenated alkanes) is 1.